The molecule has 0 bridgehead atoms. The highest BCUT2D eigenvalue weighted by Gasteiger charge is 2.46. The van der Waals surface area contributed by atoms with Gasteiger partial charge in [-0.3, -0.25) is 4.79 Å². The molecule has 2 aliphatic rings. The molecule has 0 heterocycles. The van der Waals surface area contributed by atoms with Gasteiger partial charge < -0.3 is 25.2 Å². The van der Waals surface area contributed by atoms with Crippen molar-refractivity contribution in [2.45, 2.75) is 43.2 Å². The standard InChI is InChI=1S/C25H28N2O6/c1-32-13-10-21(23(29)30)26-22(28)14-25(11-12-25)27-24(31)33-15-20-18-8-4-2-6-16(18)17-7-3-5-9-19(17)20/h2-9,20-21H,10-15H2,1H3,(H,26,28)(H,27,31)(H,29,30). The van der Waals surface area contributed by atoms with Gasteiger partial charge in [-0.2, -0.15) is 0 Å². The van der Waals surface area contributed by atoms with E-state index in [9.17, 15) is 19.5 Å². The van der Waals surface area contributed by atoms with Gasteiger partial charge in [0, 0.05) is 32.5 Å². The van der Waals surface area contributed by atoms with Crippen molar-refractivity contribution < 1.29 is 29.0 Å². The zero-order valence-corrected chi connectivity index (χ0v) is 18.5. The van der Waals surface area contributed by atoms with Crippen LogP contribution in [0.25, 0.3) is 11.1 Å². The molecule has 1 atom stereocenters. The van der Waals surface area contributed by atoms with Crippen LogP contribution in [-0.4, -0.2) is 55.0 Å². The molecule has 0 aromatic heterocycles. The van der Waals surface area contributed by atoms with E-state index in [1.165, 1.54) is 7.11 Å². The predicted molar refractivity (Wildman–Crippen MR) is 121 cm³/mol. The molecule has 0 spiro atoms. The SMILES string of the molecule is COCCC(NC(=O)CC1(NC(=O)OCC2c3ccccc3-c3ccccc32)CC1)C(=O)O. The zero-order chi connectivity index (χ0) is 23.4. The summed E-state index contributed by atoms with van der Waals surface area (Å²) in [6.45, 7) is 0.417. The summed E-state index contributed by atoms with van der Waals surface area (Å²) >= 11 is 0. The van der Waals surface area contributed by atoms with Gasteiger partial charge in [0.2, 0.25) is 5.91 Å². The van der Waals surface area contributed by atoms with Gasteiger partial charge in [-0.15, -0.1) is 0 Å². The van der Waals surface area contributed by atoms with E-state index in [4.69, 9.17) is 9.47 Å². The summed E-state index contributed by atoms with van der Waals surface area (Å²) in [6.07, 6.45) is 0.885. The van der Waals surface area contributed by atoms with Crippen molar-refractivity contribution in [2.75, 3.05) is 20.3 Å². The van der Waals surface area contributed by atoms with Crippen LogP contribution in [0.15, 0.2) is 48.5 Å². The number of aliphatic carboxylic acids is 1. The van der Waals surface area contributed by atoms with Crippen LogP contribution in [0.2, 0.25) is 0 Å². The maximum atomic E-state index is 12.6. The predicted octanol–water partition coefficient (Wildman–Crippen LogP) is 3.05. The van der Waals surface area contributed by atoms with Crippen LogP contribution in [0.4, 0.5) is 4.79 Å². The third kappa shape index (κ3) is 5.17. The topological polar surface area (TPSA) is 114 Å². The van der Waals surface area contributed by atoms with E-state index < -0.39 is 29.6 Å². The number of methoxy groups -OCH3 is 1. The summed E-state index contributed by atoms with van der Waals surface area (Å²) in [6, 6.07) is 15.2. The highest BCUT2D eigenvalue weighted by atomic mass is 16.5. The Kier molecular flexibility index (Phi) is 6.65. The van der Waals surface area contributed by atoms with Gasteiger partial charge in [-0.25, -0.2) is 9.59 Å². The second-order valence-corrected chi connectivity index (χ2v) is 8.65. The summed E-state index contributed by atoms with van der Waals surface area (Å²) in [5, 5.41) is 14.6. The third-order valence-corrected chi connectivity index (χ3v) is 6.31. The first-order valence-electron chi connectivity index (χ1n) is 11.1. The van der Waals surface area contributed by atoms with Crippen molar-refractivity contribution >= 4 is 18.0 Å². The minimum Gasteiger partial charge on any atom is -0.480 e. The van der Waals surface area contributed by atoms with Gasteiger partial charge >= 0.3 is 12.1 Å². The van der Waals surface area contributed by atoms with E-state index in [1.807, 2.05) is 24.3 Å². The molecule has 0 saturated heterocycles. The number of carboxylic acid groups (broad SMARTS) is 1. The smallest absolute Gasteiger partial charge is 0.407 e. The maximum absolute atomic E-state index is 12.6. The van der Waals surface area contributed by atoms with Crippen molar-refractivity contribution in [1.82, 2.24) is 10.6 Å². The highest BCUT2D eigenvalue weighted by Crippen LogP contribution is 2.44. The van der Waals surface area contributed by atoms with Crippen LogP contribution in [0.1, 0.15) is 42.7 Å². The van der Waals surface area contributed by atoms with Crippen molar-refractivity contribution in [2.24, 2.45) is 0 Å². The van der Waals surface area contributed by atoms with Gasteiger partial charge in [0.25, 0.3) is 0 Å². The quantitative estimate of drug-likeness (QED) is 0.511. The normalized spacial score (nSPS) is 16.3. The zero-order valence-electron chi connectivity index (χ0n) is 18.5. The number of carbonyl (C=O) groups excluding carboxylic acids is 2. The number of hydrogen-bond acceptors (Lipinski definition) is 5. The molecular formula is C25H28N2O6. The Labute approximate surface area is 192 Å². The molecule has 0 radical (unpaired) electrons. The summed E-state index contributed by atoms with van der Waals surface area (Å²) in [5.41, 5.74) is 3.88. The minimum atomic E-state index is -1.12. The number of fused-ring (bicyclic) bond motifs is 3. The van der Waals surface area contributed by atoms with Gasteiger partial charge in [0.05, 0.1) is 5.54 Å². The van der Waals surface area contributed by atoms with Crippen LogP contribution in [0.3, 0.4) is 0 Å². The molecule has 2 amide bonds. The lowest BCUT2D eigenvalue weighted by atomic mass is 9.98. The van der Waals surface area contributed by atoms with Gasteiger partial charge in [-0.1, -0.05) is 48.5 Å². The number of alkyl carbamates (subject to hydrolysis) is 1. The first-order valence-corrected chi connectivity index (χ1v) is 11.1. The molecular weight excluding hydrogens is 424 g/mol. The maximum Gasteiger partial charge on any atom is 0.407 e. The Morgan fingerprint density at radius 2 is 1.67 bits per heavy atom. The number of nitrogens with one attached hydrogen (secondary N) is 2. The van der Waals surface area contributed by atoms with Crippen LogP contribution in [-0.2, 0) is 19.1 Å². The van der Waals surface area contributed by atoms with E-state index in [0.717, 1.165) is 22.3 Å². The largest absolute Gasteiger partial charge is 0.480 e. The summed E-state index contributed by atoms with van der Waals surface area (Å²) in [5.74, 6) is -1.58. The summed E-state index contributed by atoms with van der Waals surface area (Å²) in [4.78, 5) is 36.3. The molecule has 1 unspecified atom stereocenters. The van der Waals surface area contributed by atoms with Gasteiger partial charge in [0.1, 0.15) is 12.6 Å². The fourth-order valence-electron chi connectivity index (χ4n) is 4.39. The van der Waals surface area contributed by atoms with Crippen molar-refractivity contribution in [1.29, 1.82) is 0 Å². The second-order valence-electron chi connectivity index (χ2n) is 8.65. The third-order valence-electron chi connectivity index (χ3n) is 6.31. The Morgan fingerprint density at radius 1 is 1.06 bits per heavy atom. The summed E-state index contributed by atoms with van der Waals surface area (Å²) < 4.78 is 10.5. The van der Waals surface area contributed by atoms with Crippen molar-refractivity contribution in [3.05, 3.63) is 59.7 Å². The van der Waals surface area contributed by atoms with Crippen molar-refractivity contribution in [3.63, 3.8) is 0 Å². The average Bonchev–Trinajstić information content (AvgIpc) is 3.47. The molecule has 1 fully saturated rings. The lowest BCUT2D eigenvalue weighted by Crippen LogP contribution is -2.46. The lowest BCUT2D eigenvalue weighted by molar-refractivity contribution is -0.142. The molecule has 8 nitrogen and oxygen atoms in total. The van der Waals surface area contributed by atoms with Crippen LogP contribution in [0, 0.1) is 0 Å². The molecule has 2 aliphatic carbocycles. The fraction of sp³-hybridized carbons (Fsp3) is 0.400. The first-order chi connectivity index (χ1) is 15.9. The molecule has 33 heavy (non-hydrogen) atoms. The Balaban J connectivity index is 1.32. The number of carboxylic acids is 1. The second kappa shape index (κ2) is 9.62. The highest BCUT2D eigenvalue weighted by molar-refractivity contribution is 5.85. The molecule has 3 N–H and O–H groups in total. The molecule has 174 valence electrons. The first kappa shape index (κ1) is 22.8. The number of carbonyl (C=O) groups is 3. The molecule has 2 aromatic rings. The minimum absolute atomic E-state index is 0.00789. The number of ether oxygens (including phenoxy) is 2. The average molecular weight is 453 g/mol. The van der Waals surface area contributed by atoms with E-state index in [1.54, 1.807) is 0 Å². The van der Waals surface area contributed by atoms with Crippen LogP contribution < -0.4 is 10.6 Å². The van der Waals surface area contributed by atoms with E-state index in [-0.39, 0.29) is 32.0 Å². The summed E-state index contributed by atoms with van der Waals surface area (Å²) in [7, 11) is 1.47. The van der Waals surface area contributed by atoms with Crippen molar-refractivity contribution in [3.8, 4) is 11.1 Å². The van der Waals surface area contributed by atoms with Crippen LogP contribution in [0.5, 0.6) is 0 Å². The Hall–Kier alpha value is -3.39. The number of amides is 2. The van der Waals surface area contributed by atoms with Gasteiger partial charge in [0.15, 0.2) is 0 Å². The van der Waals surface area contributed by atoms with Crippen LogP contribution >= 0.6 is 0 Å². The van der Waals surface area contributed by atoms with E-state index in [0.29, 0.717) is 12.8 Å². The van der Waals surface area contributed by atoms with E-state index in [2.05, 4.69) is 34.9 Å². The Bertz CT molecular complexity index is 1000. The lowest BCUT2D eigenvalue weighted by Gasteiger charge is -2.20. The monoisotopic (exact) mass is 452 g/mol. The van der Waals surface area contributed by atoms with E-state index >= 15 is 0 Å². The molecule has 1 saturated carbocycles. The fourth-order valence-corrected chi connectivity index (χ4v) is 4.39. The Morgan fingerprint density at radius 3 is 2.21 bits per heavy atom. The molecule has 4 rings (SSSR count). The number of benzene rings is 2. The molecule has 0 aliphatic heterocycles. The molecule has 8 heteroatoms. The number of rotatable bonds is 10. The van der Waals surface area contributed by atoms with Gasteiger partial charge in [-0.05, 0) is 35.1 Å². The molecule has 2 aromatic carbocycles. The number of hydrogen-bond donors (Lipinski definition) is 3.